The van der Waals surface area contributed by atoms with Gasteiger partial charge in [-0.3, -0.25) is 60.5 Å². The molecule has 0 aliphatic rings. The average molecular weight is 1180 g/mol. The first kappa shape index (κ1) is 62.0. The summed E-state index contributed by atoms with van der Waals surface area (Å²) in [5.41, 5.74) is 28.3. The second-order valence-corrected chi connectivity index (χ2v) is 17.5. The number of nitro benzene ring substituents is 1. The third-order valence-corrected chi connectivity index (χ3v) is 11.3. The van der Waals surface area contributed by atoms with Crippen LogP contribution < -0.4 is 86.9 Å². The maximum absolute atomic E-state index is 14.7. The molecule has 35 nitrogen and oxygen atoms in total. The minimum absolute atomic E-state index is 0.0361. The summed E-state index contributed by atoms with van der Waals surface area (Å²) in [5, 5.41) is 95.2. The largest absolute Gasteiger partial charge is 0.505 e. The van der Waals surface area contributed by atoms with E-state index in [1.165, 1.54) is 36.4 Å². The summed E-state index contributed by atoms with van der Waals surface area (Å²) < 4.78 is 0. The third-order valence-electron chi connectivity index (χ3n) is 10.8. The topological polar surface area (TPSA) is 590 Å². The number of nitro groups is 1. The zero-order valence-corrected chi connectivity index (χ0v) is 43.4. The second-order valence-electron chi connectivity index (χ2n) is 16.7. The van der Waals surface area contributed by atoms with Crippen molar-refractivity contribution in [2.24, 2.45) is 28.7 Å². The lowest BCUT2D eigenvalue weighted by atomic mass is 10.1. The summed E-state index contributed by atoms with van der Waals surface area (Å²) >= 11 is 12.4. The van der Waals surface area contributed by atoms with E-state index >= 15 is 0 Å². The van der Waals surface area contributed by atoms with Gasteiger partial charge >= 0.3 is 0 Å². The summed E-state index contributed by atoms with van der Waals surface area (Å²) in [6, 6.07) is 20.8. The number of phenols is 1. The van der Waals surface area contributed by atoms with Gasteiger partial charge in [0.15, 0.2) is 48.5 Å². The van der Waals surface area contributed by atoms with Crippen molar-refractivity contribution in [1.29, 1.82) is 21.6 Å². The van der Waals surface area contributed by atoms with Crippen LogP contribution in [0.4, 0.5) is 17.3 Å². The highest BCUT2D eigenvalue weighted by molar-refractivity contribution is 6.31. The highest BCUT2D eigenvalue weighted by Crippen LogP contribution is 2.36. The molecule has 0 spiro atoms. The Morgan fingerprint density at radius 2 is 1.04 bits per heavy atom. The summed E-state index contributed by atoms with van der Waals surface area (Å²) in [6.45, 7) is -0.871. The molecule has 0 saturated carbocycles. The molecule has 5 aromatic rings. The summed E-state index contributed by atoms with van der Waals surface area (Å²) in [5.74, 6) is -13.3. The Kier molecular flexibility index (Phi) is 21.3. The van der Waals surface area contributed by atoms with Crippen molar-refractivity contribution in [3.63, 3.8) is 0 Å². The zero-order chi connectivity index (χ0) is 60.5. The standard InChI is InChI=1S/C45H51Cl2N23O12/c46-22-10-6-18(7-11-22)25-16-26(19-8-12-23(47)13-9-19)58-45(57-25)69(17-21-14-24(70(79)80)15-27(29(21)71)68-82-81)40(78)39(77)59-28(20-4-2-1-3-5-20)35(73)61-32(65-42(51)52)37(75)63-34(67-44(55)56)38(76)62-33(66-43(53)54)36(74)60-31(30(48)72)64-41(49)50/h1-16,28,31-34,40,68,71,78,81H,17H2,(H2,48,72)(H,59,77)(H,60,74)(H,61,73)(H,62,76)(H,63,75)(H4,49,50,64)(H4,51,52,65)(H4,53,54,66)(H4,55,56,67). The number of non-ortho nitro benzene ring substituents is 1. The number of nitrogens with two attached hydrogens (primary N) is 5. The van der Waals surface area contributed by atoms with Crippen molar-refractivity contribution in [1.82, 2.24) is 57.8 Å². The van der Waals surface area contributed by atoms with Crippen LogP contribution in [0.1, 0.15) is 17.2 Å². The molecule has 0 fully saturated rings. The van der Waals surface area contributed by atoms with Crippen LogP contribution >= 0.6 is 23.2 Å². The van der Waals surface area contributed by atoms with Gasteiger partial charge in [0.1, 0.15) is 17.5 Å². The first-order chi connectivity index (χ1) is 38.7. The molecule has 1 heterocycles. The Bertz CT molecular complexity index is 3190. The molecule has 0 radical (unpaired) electrons. The van der Waals surface area contributed by atoms with Gasteiger partial charge in [0.05, 0.1) is 22.9 Å². The van der Waals surface area contributed by atoms with Crippen molar-refractivity contribution >= 4 is 99.8 Å². The predicted molar refractivity (Wildman–Crippen MR) is 292 cm³/mol. The quantitative estimate of drug-likeness (QED) is 0.00524. The number of aliphatic hydroxyl groups is 1. The highest BCUT2D eigenvalue weighted by atomic mass is 35.5. The number of nitrogens with one attached hydrogen (secondary N) is 14. The van der Waals surface area contributed by atoms with Gasteiger partial charge < -0.3 is 91.6 Å². The number of halogens is 2. The number of rotatable bonds is 25. The number of carbonyl (C=O) groups is 6. The molecular formula is C45H51Cl2N23O12. The van der Waals surface area contributed by atoms with E-state index in [4.69, 9.17) is 73.5 Å². The predicted octanol–water partition coefficient (Wildman–Crippen LogP) is -3.08. The maximum atomic E-state index is 14.7. The molecule has 4 aromatic carbocycles. The lowest BCUT2D eigenvalue weighted by Crippen LogP contribution is -2.68. The van der Waals surface area contributed by atoms with E-state index in [0.29, 0.717) is 21.2 Å². The first-order valence-corrected chi connectivity index (χ1v) is 23.7. The van der Waals surface area contributed by atoms with Crippen LogP contribution in [-0.2, 0) is 40.3 Å². The Balaban J connectivity index is 1.55. The van der Waals surface area contributed by atoms with Crippen molar-refractivity contribution < 1.29 is 54.1 Å². The number of amides is 6. The van der Waals surface area contributed by atoms with Gasteiger partial charge in [-0.1, -0.05) is 77.8 Å². The fraction of sp³-hybridized carbons (Fsp3) is 0.156. The molecule has 0 aliphatic carbocycles. The van der Waals surface area contributed by atoms with Gasteiger partial charge in [0.2, 0.25) is 18.1 Å². The molecule has 0 aliphatic heterocycles. The van der Waals surface area contributed by atoms with E-state index in [1.807, 2.05) is 21.4 Å². The van der Waals surface area contributed by atoms with Crippen molar-refractivity contribution in [3.8, 4) is 28.3 Å². The molecule has 0 saturated heterocycles. The molecule has 6 unspecified atom stereocenters. The normalized spacial score (nSPS) is 12.8. The number of primary amides is 1. The molecule has 6 amide bonds. The fourth-order valence-electron chi connectivity index (χ4n) is 7.09. The molecular weight excluding hydrogens is 1130 g/mol. The van der Waals surface area contributed by atoms with E-state index in [2.05, 4.69) is 46.9 Å². The third kappa shape index (κ3) is 17.3. The van der Waals surface area contributed by atoms with Crippen LogP contribution in [0, 0.1) is 31.8 Å². The van der Waals surface area contributed by atoms with Gasteiger partial charge in [-0.25, -0.2) is 20.7 Å². The van der Waals surface area contributed by atoms with E-state index in [9.17, 15) is 54.4 Å². The van der Waals surface area contributed by atoms with Crippen molar-refractivity contribution in [2.75, 3.05) is 10.4 Å². The molecule has 27 N–H and O–H groups in total. The number of carbonyl (C=O) groups excluding carboxylic acids is 6. The number of aliphatic hydroxyl groups excluding tert-OH is 1. The molecule has 0 bridgehead atoms. The molecule has 432 valence electrons. The zero-order valence-electron chi connectivity index (χ0n) is 41.9. The number of benzene rings is 4. The Morgan fingerprint density at radius 1 is 0.610 bits per heavy atom. The Hall–Kier alpha value is -10.9. The molecule has 37 heteroatoms. The van der Waals surface area contributed by atoms with Crippen LogP contribution in [0.25, 0.3) is 22.5 Å². The van der Waals surface area contributed by atoms with Crippen LogP contribution in [0.2, 0.25) is 10.0 Å². The number of hydrogen-bond donors (Lipinski definition) is 22. The second kappa shape index (κ2) is 28.1. The number of aromatic nitrogens is 2. The van der Waals surface area contributed by atoms with Gasteiger partial charge in [-0.15, -0.1) is 4.99 Å². The number of aromatic hydroxyl groups is 1. The number of anilines is 2. The van der Waals surface area contributed by atoms with Crippen LogP contribution in [0.15, 0.2) is 97.1 Å². The van der Waals surface area contributed by atoms with E-state index in [0.717, 1.165) is 17.0 Å². The van der Waals surface area contributed by atoms with E-state index in [-0.39, 0.29) is 17.0 Å². The van der Waals surface area contributed by atoms with E-state index < -0.39 is 136 Å². The summed E-state index contributed by atoms with van der Waals surface area (Å²) in [4.78, 5) is 107. The lowest BCUT2D eigenvalue weighted by Gasteiger charge is -2.30. The SMILES string of the molecule is N=C(N)NC(NC(=O)C(NC(=N)N)NC(=O)C(NC(=N)N)NC(=O)C(NC(=N)N)NC(=O)C(NC(=O)C(O)N(Cc1cc([N+](=O)[O-])cc(NOO)c1O)c1nc(-c2ccc(Cl)cc2)cc(-c2ccc(Cl)cc2)n1)c1ccccc1)C(N)=O. The lowest BCUT2D eigenvalue weighted by molar-refractivity contribution is -0.384. The Labute approximate surface area is 471 Å². The molecule has 6 atom stereocenters. The summed E-state index contributed by atoms with van der Waals surface area (Å²) in [6.07, 6.45) is -10.9. The van der Waals surface area contributed by atoms with Gasteiger partial charge in [-0.2, -0.15) is 0 Å². The van der Waals surface area contributed by atoms with Gasteiger partial charge in [-0.05, 0) is 35.9 Å². The van der Waals surface area contributed by atoms with Crippen molar-refractivity contribution in [2.45, 2.75) is 43.5 Å². The fourth-order valence-corrected chi connectivity index (χ4v) is 7.34. The molecule has 5 rings (SSSR count). The van der Waals surface area contributed by atoms with Crippen LogP contribution in [-0.4, -0.2) is 121 Å². The smallest absolute Gasteiger partial charge is 0.272 e. The van der Waals surface area contributed by atoms with Gasteiger partial charge in [0.25, 0.3) is 35.2 Å². The Morgan fingerprint density at radius 3 is 1.45 bits per heavy atom. The highest BCUT2D eigenvalue weighted by Gasteiger charge is 2.36. The molecule has 82 heavy (non-hydrogen) atoms. The van der Waals surface area contributed by atoms with E-state index in [1.54, 1.807) is 48.5 Å². The van der Waals surface area contributed by atoms with Crippen molar-refractivity contribution in [3.05, 3.63) is 128 Å². The number of guanidine groups is 4. The minimum Gasteiger partial charge on any atom is -0.505 e. The van der Waals surface area contributed by atoms with Crippen LogP contribution in [0.5, 0.6) is 5.75 Å². The average Bonchev–Trinajstić information content (AvgIpc) is 2.97. The number of hydrogen-bond acceptors (Lipinski definition) is 20. The number of phenolic OH excluding ortho intramolecular Hbond substituents is 1. The first-order valence-electron chi connectivity index (χ1n) is 23.0. The monoisotopic (exact) mass is 1180 g/mol. The minimum atomic E-state index is -2.54. The summed E-state index contributed by atoms with van der Waals surface area (Å²) in [7, 11) is 0. The van der Waals surface area contributed by atoms with Gasteiger partial charge in [0, 0.05) is 38.9 Å². The number of nitrogens with zero attached hydrogens (tertiary/aromatic N) is 4. The molecule has 1 aromatic heterocycles. The van der Waals surface area contributed by atoms with Crippen LogP contribution in [0.3, 0.4) is 0 Å². The maximum Gasteiger partial charge on any atom is 0.272 e.